The maximum absolute atomic E-state index is 11.9. The van der Waals surface area contributed by atoms with E-state index in [1.807, 2.05) is 0 Å². The largest absolute Gasteiger partial charge is 0.481 e. The minimum atomic E-state index is -1.08. The number of carbonyl (C=O) groups is 1. The number of nitrogens with zero attached hydrogens (tertiary/aromatic N) is 1. The number of anilines is 1. The van der Waals surface area contributed by atoms with Gasteiger partial charge in [-0.25, -0.2) is 4.98 Å². The molecule has 6 nitrogen and oxygen atoms in total. The molecule has 2 rings (SSSR count). The van der Waals surface area contributed by atoms with Crippen LogP contribution in [0.2, 0.25) is 0 Å². The van der Waals surface area contributed by atoms with Gasteiger partial charge in [0.15, 0.2) is 0 Å². The SMILES string of the molecule is CCC1CCC(c2nc(N)c(CC(=O)O)c(=O)[nH]2)CC1. The third-order valence-electron chi connectivity index (χ3n) is 4.20. The number of carboxylic acids is 1. The van der Waals surface area contributed by atoms with Gasteiger partial charge in [0.25, 0.3) is 5.56 Å². The molecule has 20 heavy (non-hydrogen) atoms. The predicted molar refractivity (Wildman–Crippen MR) is 75.6 cm³/mol. The maximum Gasteiger partial charge on any atom is 0.308 e. The monoisotopic (exact) mass is 279 g/mol. The standard InChI is InChI=1S/C14H21N3O3/c1-2-8-3-5-9(6-4-8)13-16-12(15)10(7-11(18)19)14(20)17-13/h8-9H,2-7H2,1H3,(H,18,19)(H3,15,16,17,20). The lowest BCUT2D eigenvalue weighted by Crippen LogP contribution is -2.24. The van der Waals surface area contributed by atoms with E-state index in [2.05, 4.69) is 16.9 Å². The number of carboxylic acid groups (broad SMARTS) is 1. The Kier molecular flexibility index (Phi) is 4.42. The van der Waals surface area contributed by atoms with Gasteiger partial charge in [-0.15, -0.1) is 0 Å². The second-order valence-electron chi connectivity index (χ2n) is 5.51. The van der Waals surface area contributed by atoms with Gasteiger partial charge in [-0.1, -0.05) is 13.3 Å². The van der Waals surface area contributed by atoms with E-state index in [-0.39, 0.29) is 17.3 Å². The van der Waals surface area contributed by atoms with Crippen LogP contribution in [-0.2, 0) is 11.2 Å². The van der Waals surface area contributed by atoms with Crippen molar-refractivity contribution in [1.29, 1.82) is 0 Å². The summed E-state index contributed by atoms with van der Waals surface area (Å²) in [5.41, 5.74) is 5.36. The van der Waals surface area contributed by atoms with Crippen LogP contribution < -0.4 is 11.3 Å². The predicted octanol–water partition coefficient (Wildman–Crippen LogP) is 1.66. The van der Waals surface area contributed by atoms with Gasteiger partial charge >= 0.3 is 5.97 Å². The van der Waals surface area contributed by atoms with E-state index < -0.39 is 17.9 Å². The molecule has 0 bridgehead atoms. The Morgan fingerprint density at radius 2 is 2.05 bits per heavy atom. The molecular weight excluding hydrogens is 258 g/mol. The van der Waals surface area contributed by atoms with Gasteiger partial charge in [0.2, 0.25) is 0 Å². The first kappa shape index (κ1) is 14.6. The summed E-state index contributed by atoms with van der Waals surface area (Å²) >= 11 is 0. The molecule has 0 radical (unpaired) electrons. The Hall–Kier alpha value is -1.85. The lowest BCUT2D eigenvalue weighted by Gasteiger charge is -2.27. The average molecular weight is 279 g/mol. The van der Waals surface area contributed by atoms with Gasteiger partial charge < -0.3 is 15.8 Å². The number of nitrogen functional groups attached to an aromatic ring is 1. The molecule has 0 amide bonds. The summed E-state index contributed by atoms with van der Waals surface area (Å²) in [7, 11) is 0. The molecule has 0 atom stereocenters. The highest BCUT2D eigenvalue weighted by molar-refractivity contribution is 5.71. The second-order valence-corrected chi connectivity index (χ2v) is 5.51. The molecule has 1 aromatic heterocycles. The number of aromatic nitrogens is 2. The van der Waals surface area contributed by atoms with Crippen molar-refractivity contribution in [2.75, 3.05) is 5.73 Å². The van der Waals surface area contributed by atoms with E-state index in [1.54, 1.807) is 0 Å². The van der Waals surface area contributed by atoms with Crippen LogP contribution in [0.1, 0.15) is 56.3 Å². The highest BCUT2D eigenvalue weighted by Gasteiger charge is 2.24. The Morgan fingerprint density at radius 1 is 1.40 bits per heavy atom. The van der Waals surface area contributed by atoms with Crippen molar-refractivity contribution in [2.24, 2.45) is 5.92 Å². The van der Waals surface area contributed by atoms with Gasteiger partial charge in [0.1, 0.15) is 11.6 Å². The molecule has 1 aromatic rings. The third-order valence-corrected chi connectivity index (χ3v) is 4.20. The molecule has 1 aliphatic carbocycles. The second kappa shape index (κ2) is 6.07. The van der Waals surface area contributed by atoms with Crippen LogP contribution in [0.4, 0.5) is 5.82 Å². The van der Waals surface area contributed by atoms with E-state index in [9.17, 15) is 9.59 Å². The molecule has 4 N–H and O–H groups in total. The topological polar surface area (TPSA) is 109 Å². The Balaban J connectivity index is 2.18. The van der Waals surface area contributed by atoms with Gasteiger partial charge in [-0.3, -0.25) is 9.59 Å². The van der Waals surface area contributed by atoms with Gasteiger partial charge in [0.05, 0.1) is 12.0 Å². The number of aromatic amines is 1. The zero-order valence-corrected chi connectivity index (χ0v) is 11.7. The maximum atomic E-state index is 11.9. The summed E-state index contributed by atoms with van der Waals surface area (Å²) in [5.74, 6) is 0.563. The quantitative estimate of drug-likeness (QED) is 0.776. The van der Waals surface area contributed by atoms with Crippen molar-refractivity contribution in [3.8, 4) is 0 Å². The fraction of sp³-hybridized carbons (Fsp3) is 0.643. The van der Waals surface area contributed by atoms with Crippen molar-refractivity contribution in [2.45, 2.75) is 51.4 Å². The molecule has 1 aliphatic rings. The molecule has 1 heterocycles. The fourth-order valence-corrected chi connectivity index (χ4v) is 2.89. The summed E-state index contributed by atoms with van der Waals surface area (Å²) in [4.78, 5) is 29.5. The first-order valence-electron chi connectivity index (χ1n) is 7.11. The Labute approximate surface area is 117 Å². The van der Waals surface area contributed by atoms with Crippen LogP contribution in [-0.4, -0.2) is 21.0 Å². The minimum absolute atomic E-state index is 0.0449. The van der Waals surface area contributed by atoms with E-state index in [0.29, 0.717) is 5.82 Å². The molecule has 0 aliphatic heterocycles. The van der Waals surface area contributed by atoms with E-state index in [0.717, 1.165) is 31.6 Å². The van der Waals surface area contributed by atoms with Crippen LogP contribution in [0.5, 0.6) is 0 Å². The average Bonchev–Trinajstić information content (AvgIpc) is 2.42. The first-order valence-corrected chi connectivity index (χ1v) is 7.11. The van der Waals surface area contributed by atoms with Crippen molar-refractivity contribution in [3.05, 3.63) is 21.7 Å². The molecular formula is C14H21N3O3. The molecule has 1 fully saturated rings. The van der Waals surface area contributed by atoms with Crippen LogP contribution in [0, 0.1) is 5.92 Å². The van der Waals surface area contributed by atoms with Crippen molar-refractivity contribution >= 4 is 11.8 Å². The number of rotatable bonds is 4. The number of aliphatic carboxylic acids is 1. The first-order chi connectivity index (χ1) is 9.51. The van der Waals surface area contributed by atoms with Crippen LogP contribution in [0.25, 0.3) is 0 Å². The molecule has 1 saturated carbocycles. The molecule has 6 heteroatoms. The lowest BCUT2D eigenvalue weighted by molar-refractivity contribution is -0.136. The Bertz CT molecular complexity index is 545. The highest BCUT2D eigenvalue weighted by atomic mass is 16.4. The Morgan fingerprint density at radius 3 is 2.55 bits per heavy atom. The molecule has 0 aromatic carbocycles. The molecule has 0 spiro atoms. The molecule has 0 unspecified atom stereocenters. The van der Waals surface area contributed by atoms with E-state index >= 15 is 0 Å². The van der Waals surface area contributed by atoms with Crippen molar-refractivity contribution in [3.63, 3.8) is 0 Å². The highest BCUT2D eigenvalue weighted by Crippen LogP contribution is 2.35. The summed E-state index contributed by atoms with van der Waals surface area (Å²) in [6.07, 6.45) is 5.08. The fourth-order valence-electron chi connectivity index (χ4n) is 2.89. The van der Waals surface area contributed by atoms with Gasteiger partial charge in [0, 0.05) is 5.92 Å². The zero-order chi connectivity index (χ0) is 14.7. The van der Waals surface area contributed by atoms with Crippen molar-refractivity contribution in [1.82, 2.24) is 9.97 Å². The van der Waals surface area contributed by atoms with Crippen LogP contribution in [0.3, 0.4) is 0 Å². The van der Waals surface area contributed by atoms with E-state index in [1.165, 1.54) is 6.42 Å². The summed E-state index contributed by atoms with van der Waals surface area (Å²) < 4.78 is 0. The van der Waals surface area contributed by atoms with Gasteiger partial charge in [-0.05, 0) is 31.6 Å². The third kappa shape index (κ3) is 3.18. The summed E-state index contributed by atoms with van der Waals surface area (Å²) in [6.45, 7) is 2.20. The number of nitrogens with one attached hydrogen (secondary N) is 1. The number of H-pyrrole nitrogens is 1. The smallest absolute Gasteiger partial charge is 0.308 e. The van der Waals surface area contributed by atoms with Gasteiger partial charge in [-0.2, -0.15) is 0 Å². The van der Waals surface area contributed by atoms with Crippen LogP contribution in [0.15, 0.2) is 4.79 Å². The molecule has 0 saturated heterocycles. The number of nitrogens with two attached hydrogens (primary N) is 1. The molecule has 110 valence electrons. The summed E-state index contributed by atoms with van der Waals surface area (Å²) in [6, 6.07) is 0. The normalized spacial score (nSPS) is 22.6. The number of hydrogen-bond acceptors (Lipinski definition) is 4. The lowest BCUT2D eigenvalue weighted by atomic mass is 9.80. The zero-order valence-electron chi connectivity index (χ0n) is 11.7. The van der Waals surface area contributed by atoms with Crippen molar-refractivity contribution < 1.29 is 9.90 Å². The minimum Gasteiger partial charge on any atom is -0.481 e. The summed E-state index contributed by atoms with van der Waals surface area (Å²) in [5, 5.41) is 8.75. The number of hydrogen-bond donors (Lipinski definition) is 3. The van der Waals surface area contributed by atoms with E-state index in [4.69, 9.17) is 10.8 Å². The van der Waals surface area contributed by atoms with Crippen LogP contribution >= 0.6 is 0 Å².